The fraction of sp³-hybridized carbons (Fsp3) is 0.588. The molecule has 0 saturated carbocycles. The van der Waals surface area contributed by atoms with Crippen molar-refractivity contribution in [3.8, 4) is 0 Å². The summed E-state index contributed by atoms with van der Waals surface area (Å²) in [6, 6.07) is 5.71. The number of sulfone groups is 1. The number of rotatable bonds is 9. The molecule has 0 spiro atoms. The van der Waals surface area contributed by atoms with Crippen LogP contribution in [0.1, 0.15) is 47.0 Å². The molecular weight excluding hydrogens is 376 g/mol. The third kappa shape index (κ3) is 8.29. The number of carbonyl (C=O) groups excluding carboxylic acids is 1. The van der Waals surface area contributed by atoms with Gasteiger partial charge in [-0.3, -0.25) is 4.79 Å². The Morgan fingerprint density at radius 3 is 2.31 bits per heavy atom. The van der Waals surface area contributed by atoms with Gasteiger partial charge < -0.3 is 5.32 Å². The van der Waals surface area contributed by atoms with Crippen LogP contribution in [0.2, 0.25) is 0 Å². The molecule has 0 saturated heterocycles. The summed E-state index contributed by atoms with van der Waals surface area (Å²) in [5, 5.41) is 2.45. The number of sulfonamides is 1. The molecule has 26 heavy (non-hydrogen) atoms. The maximum absolute atomic E-state index is 12.3. The van der Waals surface area contributed by atoms with Crippen LogP contribution in [-0.4, -0.2) is 39.8 Å². The predicted octanol–water partition coefficient (Wildman–Crippen LogP) is 2.31. The molecule has 0 bridgehead atoms. The van der Waals surface area contributed by atoms with E-state index in [1.807, 2.05) is 6.92 Å². The molecule has 0 aromatic heterocycles. The average molecular weight is 405 g/mol. The summed E-state index contributed by atoms with van der Waals surface area (Å²) in [6.45, 7) is 7.13. The van der Waals surface area contributed by atoms with E-state index in [4.69, 9.17) is 0 Å². The van der Waals surface area contributed by atoms with E-state index in [0.717, 1.165) is 12.8 Å². The Bertz CT molecular complexity index is 825. The van der Waals surface area contributed by atoms with Gasteiger partial charge >= 0.3 is 0 Å². The molecule has 0 atom stereocenters. The van der Waals surface area contributed by atoms with Gasteiger partial charge in [-0.15, -0.1) is 0 Å². The molecule has 1 aromatic rings. The summed E-state index contributed by atoms with van der Waals surface area (Å²) in [5.74, 6) is -1.33. The van der Waals surface area contributed by atoms with Crippen LogP contribution >= 0.6 is 0 Å². The van der Waals surface area contributed by atoms with E-state index in [-0.39, 0.29) is 16.3 Å². The molecular formula is C17H28N2O5S2. The molecule has 9 heteroatoms. The van der Waals surface area contributed by atoms with Crippen molar-refractivity contribution in [3.05, 3.63) is 24.3 Å². The van der Waals surface area contributed by atoms with E-state index in [1.54, 1.807) is 20.8 Å². The number of amides is 1. The summed E-state index contributed by atoms with van der Waals surface area (Å²) in [4.78, 5) is 12.0. The predicted molar refractivity (Wildman–Crippen MR) is 103 cm³/mol. The maximum atomic E-state index is 12.3. The van der Waals surface area contributed by atoms with E-state index in [2.05, 4.69) is 10.0 Å². The van der Waals surface area contributed by atoms with Crippen LogP contribution in [-0.2, 0) is 24.7 Å². The fourth-order valence-corrected chi connectivity index (χ4v) is 4.97. The van der Waals surface area contributed by atoms with Crippen molar-refractivity contribution in [3.63, 3.8) is 0 Å². The van der Waals surface area contributed by atoms with Gasteiger partial charge in [0.1, 0.15) is 5.75 Å². The maximum Gasteiger partial charge on any atom is 0.241 e. The van der Waals surface area contributed by atoms with Crippen molar-refractivity contribution in [2.24, 2.45) is 0 Å². The first-order valence-corrected chi connectivity index (χ1v) is 11.8. The fourth-order valence-electron chi connectivity index (χ4n) is 2.24. The number of nitrogens with one attached hydrogen (secondary N) is 2. The summed E-state index contributed by atoms with van der Waals surface area (Å²) in [7, 11) is -7.22. The second-order valence-electron chi connectivity index (χ2n) is 7.23. The lowest BCUT2D eigenvalue weighted by Gasteiger charge is -2.20. The van der Waals surface area contributed by atoms with Crippen LogP contribution in [0.5, 0.6) is 0 Å². The number of unbranched alkanes of at least 4 members (excludes halogenated alkanes) is 2. The summed E-state index contributed by atoms with van der Waals surface area (Å²) < 4.78 is 51.1. The zero-order chi connectivity index (χ0) is 20.0. The lowest BCUT2D eigenvalue weighted by Crippen LogP contribution is -2.40. The summed E-state index contributed by atoms with van der Waals surface area (Å²) in [6.07, 6.45) is 2.21. The average Bonchev–Trinajstić information content (AvgIpc) is 2.44. The highest BCUT2D eigenvalue weighted by Crippen LogP contribution is 2.17. The Morgan fingerprint density at radius 1 is 1.08 bits per heavy atom. The molecule has 0 fully saturated rings. The zero-order valence-electron chi connectivity index (χ0n) is 15.7. The lowest BCUT2D eigenvalue weighted by atomic mass is 10.1. The Morgan fingerprint density at radius 2 is 1.73 bits per heavy atom. The lowest BCUT2D eigenvalue weighted by molar-refractivity contribution is -0.113. The second kappa shape index (κ2) is 8.96. The van der Waals surface area contributed by atoms with Crippen molar-refractivity contribution < 1.29 is 21.6 Å². The van der Waals surface area contributed by atoms with Crippen LogP contribution in [0.15, 0.2) is 29.2 Å². The smallest absolute Gasteiger partial charge is 0.241 e. The summed E-state index contributed by atoms with van der Waals surface area (Å²) >= 11 is 0. The SMILES string of the molecule is CCCCCS(=O)(=O)CC(=O)Nc1cccc(S(=O)(=O)NC(C)(C)C)c1. The Kier molecular flexibility index (Phi) is 7.79. The van der Waals surface area contributed by atoms with Gasteiger partial charge in [0, 0.05) is 11.2 Å². The molecule has 1 amide bonds. The highest BCUT2D eigenvalue weighted by molar-refractivity contribution is 7.92. The quantitative estimate of drug-likeness (QED) is 0.614. The standard InChI is InChI=1S/C17H28N2O5S2/c1-5-6-7-11-25(21,22)13-16(20)18-14-9-8-10-15(12-14)26(23,24)19-17(2,3)4/h8-10,12,19H,5-7,11,13H2,1-4H3,(H,18,20). The zero-order valence-corrected chi connectivity index (χ0v) is 17.3. The minimum absolute atomic E-state index is 0.00368. The number of carbonyl (C=O) groups is 1. The molecule has 0 aliphatic rings. The topological polar surface area (TPSA) is 109 Å². The molecule has 148 valence electrons. The Balaban J connectivity index is 2.82. The highest BCUT2D eigenvalue weighted by atomic mass is 32.2. The minimum Gasteiger partial charge on any atom is -0.325 e. The van der Waals surface area contributed by atoms with E-state index in [9.17, 15) is 21.6 Å². The van der Waals surface area contributed by atoms with E-state index in [0.29, 0.717) is 6.42 Å². The largest absolute Gasteiger partial charge is 0.325 e. The van der Waals surface area contributed by atoms with Crippen molar-refractivity contribution in [2.45, 2.75) is 57.4 Å². The van der Waals surface area contributed by atoms with Gasteiger partial charge in [-0.05, 0) is 45.4 Å². The van der Waals surface area contributed by atoms with Gasteiger partial charge in [-0.1, -0.05) is 25.8 Å². The monoisotopic (exact) mass is 404 g/mol. The van der Waals surface area contributed by atoms with Crippen LogP contribution in [0.25, 0.3) is 0 Å². The molecule has 0 unspecified atom stereocenters. The van der Waals surface area contributed by atoms with Crippen LogP contribution in [0, 0.1) is 0 Å². The third-order valence-corrected chi connectivity index (χ3v) is 6.65. The van der Waals surface area contributed by atoms with Gasteiger partial charge in [0.05, 0.1) is 10.6 Å². The first-order chi connectivity index (χ1) is 11.8. The number of anilines is 1. The van der Waals surface area contributed by atoms with Crippen LogP contribution in [0.4, 0.5) is 5.69 Å². The number of hydrogen-bond donors (Lipinski definition) is 2. The van der Waals surface area contributed by atoms with E-state index in [1.165, 1.54) is 24.3 Å². The van der Waals surface area contributed by atoms with Crippen LogP contribution < -0.4 is 10.0 Å². The molecule has 2 N–H and O–H groups in total. The minimum atomic E-state index is -3.75. The summed E-state index contributed by atoms with van der Waals surface area (Å²) in [5.41, 5.74) is -0.416. The third-order valence-electron chi connectivity index (χ3n) is 3.28. The van der Waals surface area contributed by atoms with Crippen molar-refractivity contribution in [1.82, 2.24) is 4.72 Å². The molecule has 0 heterocycles. The van der Waals surface area contributed by atoms with Gasteiger partial charge in [-0.2, -0.15) is 0 Å². The molecule has 7 nitrogen and oxygen atoms in total. The number of hydrogen-bond acceptors (Lipinski definition) is 5. The van der Waals surface area contributed by atoms with Crippen LogP contribution in [0.3, 0.4) is 0 Å². The van der Waals surface area contributed by atoms with Gasteiger partial charge in [0.15, 0.2) is 9.84 Å². The second-order valence-corrected chi connectivity index (χ2v) is 11.1. The highest BCUT2D eigenvalue weighted by Gasteiger charge is 2.22. The van der Waals surface area contributed by atoms with Crippen molar-refractivity contribution >= 4 is 31.5 Å². The first-order valence-electron chi connectivity index (χ1n) is 8.49. The van der Waals surface area contributed by atoms with Gasteiger partial charge in [0.2, 0.25) is 15.9 Å². The molecule has 0 aliphatic heterocycles. The molecule has 1 rings (SSSR count). The van der Waals surface area contributed by atoms with Crippen molar-refractivity contribution in [2.75, 3.05) is 16.8 Å². The molecule has 0 aliphatic carbocycles. The number of benzene rings is 1. The van der Waals surface area contributed by atoms with E-state index < -0.39 is 37.1 Å². The molecule has 1 aromatic carbocycles. The van der Waals surface area contributed by atoms with Gasteiger partial charge in [0.25, 0.3) is 0 Å². The van der Waals surface area contributed by atoms with Crippen molar-refractivity contribution in [1.29, 1.82) is 0 Å². The van der Waals surface area contributed by atoms with Gasteiger partial charge in [-0.25, -0.2) is 21.6 Å². The Hall–Kier alpha value is -1.45. The first kappa shape index (κ1) is 22.6. The normalized spacial score (nSPS) is 12.8. The Labute approximate surface area is 156 Å². The van der Waals surface area contributed by atoms with E-state index >= 15 is 0 Å². The molecule has 0 radical (unpaired) electrons.